The average Bonchev–Trinajstić information content (AvgIpc) is 2.55. The van der Waals surface area contributed by atoms with E-state index in [1.807, 2.05) is 30.3 Å². The first kappa shape index (κ1) is 16.4. The Kier molecular flexibility index (Phi) is 5.25. The second kappa shape index (κ2) is 7.35. The van der Waals surface area contributed by atoms with E-state index in [1.54, 1.807) is 18.2 Å². The van der Waals surface area contributed by atoms with Crippen LogP contribution in [0.4, 0.5) is 4.79 Å². The molecule has 1 aliphatic heterocycles. The summed E-state index contributed by atoms with van der Waals surface area (Å²) in [6, 6.07) is 8.57. The maximum atomic E-state index is 12.5. The molecule has 1 aromatic carbocycles. The fourth-order valence-electron chi connectivity index (χ4n) is 2.28. The van der Waals surface area contributed by atoms with E-state index in [0.29, 0.717) is 5.57 Å². The predicted octanol–water partition coefficient (Wildman–Crippen LogP) is 2.67. The van der Waals surface area contributed by atoms with Crippen LogP contribution in [-0.4, -0.2) is 34.2 Å². The molecule has 0 N–H and O–H groups in total. The maximum Gasteiger partial charge on any atom is 0.334 e. The van der Waals surface area contributed by atoms with Crippen LogP contribution in [0, 0.1) is 0 Å². The lowest BCUT2D eigenvalue weighted by Crippen LogP contribution is -2.54. The minimum Gasteiger partial charge on any atom is -0.274 e. The number of carbonyl (C=O) groups excluding carboxylic acids is 3. The molecule has 0 unspecified atom stereocenters. The van der Waals surface area contributed by atoms with Gasteiger partial charge in [-0.3, -0.25) is 19.4 Å². The lowest BCUT2D eigenvalue weighted by molar-refractivity contribution is -0.142. The fourth-order valence-corrected chi connectivity index (χ4v) is 2.28. The van der Waals surface area contributed by atoms with Crippen molar-refractivity contribution in [2.75, 3.05) is 6.54 Å². The summed E-state index contributed by atoms with van der Waals surface area (Å²) in [4.78, 5) is 38.8. The third kappa shape index (κ3) is 3.83. The Hall–Kier alpha value is -2.95. The van der Waals surface area contributed by atoms with Gasteiger partial charge in [-0.1, -0.05) is 61.7 Å². The van der Waals surface area contributed by atoms with Crippen molar-refractivity contribution in [2.45, 2.75) is 13.0 Å². The Morgan fingerprint density at radius 3 is 2.30 bits per heavy atom. The number of urea groups is 1. The van der Waals surface area contributed by atoms with E-state index < -0.39 is 17.8 Å². The van der Waals surface area contributed by atoms with Crippen LogP contribution in [0.3, 0.4) is 0 Å². The van der Waals surface area contributed by atoms with Gasteiger partial charge in [0.15, 0.2) is 0 Å². The second-order valence-corrected chi connectivity index (χ2v) is 5.09. The van der Waals surface area contributed by atoms with Crippen LogP contribution in [-0.2, 0) is 16.1 Å². The molecule has 0 spiro atoms. The molecular weight excluding hydrogens is 292 g/mol. The van der Waals surface area contributed by atoms with Gasteiger partial charge in [0.1, 0.15) is 6.42 Å². The summed E-state index contributed by atoms with van der Waals surface area (Å²) in [6.45, 7) is 7.46. The van der Waals surface area contributed by atoms with Crippen LogP contribution in [0.2, 0.25) is 0 Å². The van der Waals surface area contributed by atoms with E-state index in [2.05, 4.69) is 13.2 Å². The standard InChI is InChI=1S/C18H18N2O3/c1-3-8-14(4-2)12-19-16(21)11-17(22)20(18(19)23)13-15-9-6-5-7-10-15/h3-10H,1-2,11-13H2/b14-8+. The van der Waals surface area contributed by atoms with E-state index in [1.165, 1.54) is 0 Å². The molecule has 118 valence electrons. The number of nitrogens with zero attached hydrogens (tertiary/aromatic N) is 2. The monoisotopic (exact) mass is 310 g/mol. The molecule has 4 amide bonds. The van der Waals surface area contributed by atoms with Gasteiger partial charge >= 0.3 is 6.03 Å². The summed E-state index contributed by atoms with van der Waals surface area (Å²) in [5.41, 5.74) is 1.50. The maximum absolute atomic E-state index is 12.5. The van der Waals surface area contributed by atoms with Crippen molar-refractivity contribution in [3.63, 3.8) is 0 Å². The largest absolute Gasteiger partial charge is 0.334 e. The zero-order valence-electron chi connectivity index (χ0n) is 12.8. The zero-order valence-corrected chi connectivity index (χ0v) is 12.8. The van der Waals surface area contributed by atoms with Gasteiger partial charge in [-0.2, -0.15) is 0 Å². The van der Waals surface area contributed by atoms with Gasteiger partial charge in [0.2, 0.25) is 11.8 Å². The first-order chi connectivity index (χ1) is 11.1. The predicted molar refractivity (Wildman–Crippen MR) is 87.2 cm³/mol. The van der Waals surface area contributed by atoms with Crippen LogP contribution >= 0.6 is 0 Å². The van der Waals surface area contributed by atoms with Crippen LogP contribution in [0.5, 0.6) is 0 Å². The number of hydrogen-bond donors (Lipinski definition) is 0. The highest BCUT2D eigenvalue weighted by Gasteiger charge is 2.37. The minimum atomic E-state index is -0.605. The number of benzene rings is 1. The molecule has 23 heavy (non-hydrogen) atoms. The molecule has 5 heteroatoms. The molecule has 0 saturated carbocycles. The summed E-state index contributed by atoms with van der Waals surface area (Å²) in [5, 5.41) is 0. The molecule has 0 aromatic heterocycles. The lowest BCUT2D eigenvalue weighted by atomic mass is 10.1. The highest BCUT2D eigenvalue weighted by atomic mass is 16.2. The zero-order chi connectivity index (χ0) is 16.8. The molecule has 1 saturated heterocycles. The Morgan fingerprint density at radius 1 is 1.04 bits per heavy atom. The fraction of sp³-hybridized carbons (Fsp3) is 0.167. The Morgan fingerprint density at radius 2 is 1.70 bits per heavy atom. The summed E-state index contributed by atoms with van der Waals surface area (Å²) >= 11 is 0. The van der Waals surface area contributed by atoms with Crippen molar-refractivity contribution < 1.29 is 14.4 Å². The smallest absolute Gasteiger partial charge is 0.274 e. The summed E-state index contributed by atoms with van der Waals surface area (Å²) in [6.07, 6.45) is 4.48. The number of barbiturate groups is 1. The molecule has 2 rings (SSSR count). The van der Waals surface area contributed by atoms with Crippen LogP contribution in [0.25, 0.3) is 0 Å². The Balaban J connectivity index is 2.21. The first-order valence-corrected chi connectivity index (χ1v) is 7.19. The molecule has 1 fully saturated rings. The van der Waals surface area contributed by atoms with Gasteiger partial charge in [-0.05, 0) is 11.1 Å². The lowest BCUT2D eigenvalue weighted by Gasteiger charge is -2.33. The van der Waals surface area contributed by atoms with E-state index in [-0.39, 0.29) is 19.5 Å². The van der Waals surface area contributed by atoms with Crippen LogP contribution in [0.15, 0.2) is 67.3 Å². The highest BCUT2D eigenvalue weighted by Crippen LogP contribution is 2.17. The number of amides is 4. The van der Waals surface area contributed by atoms with Crippen LogP contribution < -0.4 is 0 Å². The van der Waals surface area contributed by atoms with Gasteiger partial charge in [-0.25, -0.2) is 4.79 Å². The Labute approximate surface area is 135 Å². The van der Waals surface area contributed by atoms with Crippen molar-refractivity contribution >= 4 is 17.8 Å². The van der Waals surface area contributed by atoms with Gasteiger partial charge in [-0.15, -0.1) is 0 Å². The summed E-state index contributed by atoms with van der Waals surface area (Å²) < 4.78 is 0. The molecule has 0 bridgehead atoms. The van der Waals surface area contributed by atoms with Gasteiger partial charge in [0.05, 0.1) is 13.1 Å². The third-order valence-corrected chi connectivity index (χ3v) is 3.48. The second-order valence-electron chi connectivity index (χ2n) is 5.09. The molecular formula is C18H18N2O3. The third-order valence-electron chi connectivity index (χ3n) is 3.48. The number of carbonyl (C=O) groups is 3. The van der Waals surface area contributed by atoms with Gasteiger partial charge < -0.3 is 0 Å². The van der Waals surface area contributed by atoms with E-state index in [4.69, 9.17) is 0 Å². The first-order valence-electron chi connectivity index (χ1n) is 7.19. The molecule has 0 atom stereocenters. The molecule has 0 radical (unpaired) electrons. The summed E-state index contributed by atoms with van der Waals surface area (Å²) in [7, 11) is 0. The van der Waals surface area contributed by atoms with Gasteiger partial charge in [0.25, 0.3) is 0 Å². The van der Waals surface area contributed by atoms with Crippen molar-refractivity contribution in [1.29, 1.82) is 0 Å². The van der Waals surface area contributed by atoms with Crippen LogP contribution in [0.1, 0.15) is 12.0 Å². The van der Waals surface area contributed by atoms with E-state index in [0.717, 1.165) is 15.4 Å². The number of allylic oxidation sites excluding steroid dienone is 2. The normalized spacial score (nSPS) is 15.8. The molecule has 1 aliphatic rings. The number of hydrogen-bond acceptors (Lipinski definition) is 3. The quantitative estimate of drug-likeness (QED) is 0.599. The average molecular weight is 310 g/mol. The SMILES string of the molecule is C=C/C=C(\C=C)CN1C(=O)CC(=O)N(Cc2ccccc2)C1=O. The molecule has 1 aromatic rings. The molecule has 5 nitrogen and oxygen atoms in total. The molecule has 1 heterocycles. The van der Waals surface area contributed by atoms with E-state index >= 15 is 0 Å². The van der Waals surface area contributed by atoms with Crippen molar-refractivity contribution in [3.05, 3.63) is 72.9 Å². The Bertz CT molecular complexity index is 677. The van der Waals surface area contributed by atoms with Crippen molar-refractivity contribution in [2.24, 2.45) is 0 Å². The van der Waals surface area contributed by atoms with Gasteiger partial charge in [0, 0.05) is 0 Å². The number of rotatable bonds is 6. The topological polar surface area (TPSA) is 57.7 Å². The summed E-state index contributed by atoms with van der Waals surface area (Å²) in [5.74, 6) is -0.978. The minimum absolute atomic E-state index is 0.0752. The van der Waals surface area contributed by atoms with Crippen molar-refractivity contribution in [1.82, 2.24) is 9.80 Å². The number of imide groups is 2. The van der Waals surface area contributed by atoms with Crippen molar-refractivity contribution in [3.8, 4) is 0 Å². The van der Waals surface area contributed by atoms with E-state index in [9.17, 15) is 14.4 Å². The highest BCUT2D eigenvalue weighted by molar-refractivity contribution is 6.14. The molecule has 0 aliphatic carbocycles.